The predicted octanol–water partition coefficient (Wildman–Crippen LogP) is 2.52. The smallest absolute Gasteiger partial charge is 0.344 e. The van der Waals surface area contributed by atoms with Gasteiger partial charge in [0, 0.05) is 23.8 Å². The number of ether oxygens (including phenoxy) is 1. The summed E-state index contributed by atoms with van der Waals surface area (Å²) in [6.07, 6.45) is 3.97. The molecule has 0 radical (unpaired) electrons. The van der Waals surface area contributed by atoms with Crippen molar-refractivity contribution in [1.29, 1.82) is 0 Å². The van der Waals surface area contributed by atoms with Gasteiger partial charge >= 0.3 is 5.97 Å². The van der Waals surface area contributed by atoms with Crippen LogP contribution in [0.4, 0.5) is 0 Å². The summed E-state index contributed by atoms with van der Waals surface area (Å²) in [4.78, 5) is 12.1. The fourth-order valence-electron chi connectivity index (χ4n) is 2.54. The third kappa shape index (κ3) is 2.11. The Balaban J connectivity index is 2.07. The lowest BCUT2D eigenvalue weighted by Crippen LogP contribution is -2.38. The highest BCUT2D eigenvalue weighted by Gasteiger charge is 2.35. The van der Waals surface area contributed by atoms with E-state index in [9.17, 15) is 4.79 Å². The van der Waals surface area contributed by atoms with Gasteiger partial charge in [-0.15, -0.1) is 0 Å². The first-order valence-corrected chi connectivity index (χ1v) is 6.75. The number of carbonyl (C=O) groups is 1. The van der Waals surface area contributed by atoms with Gasteiger partial charge in [0.1, 0.15) is 5.57 Å². The molecule has 2 aromatic rings. The van der Waals surface area contributed by atoms with Crippen LogP contribution in [0, 0.1) is 0 Å². The summed E-state index contributed by atoms with van der Waals surface area (Å²) >= 11 is 0. The molecule has 0 spiro atoms. The van der Waals surface area contributed by atoms with Crippen molar-refractivity contribution in [2.75, 3.05) is 6.61 Å². The van der Waals surface area contributed by atoms with Gasteiger partial charge in [-0.05, 0) is 13.0 Å². The molecule has 3 rings (SSSR count). The first-order chi connectivity index (χ1) is 9.81. The van der Waals surface area contributed by atoms with Crippen molar-refractivity contribution in [3.8, 4) is 0 Å². The summed E-state index contributed by atoms with van der Waals surface area (Å²) in [5, 5.41) is 0. The van der Waals surface area contributed by atoms with E-state index in [-0.39, 0.29) is 12.0 Å². The van der Waals surface area contributed by atoms with Gasteiger partial charge in [-0.1, -0.05) is 30.3 Å². The minimum Gasteiger partial charge on any atom is -0.462 e. The molecule has 0 saturated carbocycles. The molecule has 100 valence electrons. The maximum Gasteiger partial charge on any atom is 0.344 e. The van der Waals surface area contributed by atoms with E-state index < -0.39 is 0 Å². The summed E-state index contributed by atoms with van der Waals surface area (Å²) in [5.74, 6) is -0.258. The minimum absolute atomic E-state index is 0.0480. The highest BCUT2D eigenvalue weighted by molar-refractivity contribution is 6.15. The molecule has 0 N–H and O–H groups in total. The largest absolute Gasteiger partial charge is 0.462 e. The van der Waals surface area contributed by atoms with Crippen molar-refractivity contribution in [3.05, 3.63) is 72.1 Å². The van der Waals surface area contributed by atoms with Crippen LogP contribution >= 0.6 is 0 Å². The Bertz CT molecular complexity index is 662. The van der Waals surface area contributed by atoms with E-state index in [2.05, 4.69) is 16.7 Å². The zero-order valence-electron chi connectivity index (χ0n) is 11.3. The second-order valence-electron chi connectivity index (χ2n) is 4.65. The molecule has 0 amide bonds. The summed E-state index contributed by atoms with van der Waals surface area (Å²) in [7, 11) is 0. The van der Waals surface area contributed by atoms with Crippen LogP contribution in [0.3, 0.4) is 0 Å². The topological polar surface area (TPSA) is 30.2 Å². The maximum absolute atomic E-state index is 12.1. The molecule has 3 nitrogen and oxygen atoms in total. The van der Waals surface area contributed by atoms with Gasteiger partial charge < -0.3 is 4.74 Å². The lowest BCUT2D eigenvalue weighted by atomic mass is 10.1. The van der Waals surface area contributed by atoms with Crippen molar-refractivity contribution in [1.82, 2.24) is 0 Å². The number of rotatable bonds is 3. The van der Waals surface area contributed by atoms with Crippen LogP contribution in [0.5, 0.6) is 0 Å². The molecule has 0 fully saturated rings. The van der Waals surface area contributed by atoms with Gasteiger partial charge in [0.15, 0.2) is 6.20 Å². The van der Waals surface area contributed by atoms with Crippen LogP contribution in [0.25, 0.3) is 5.57 Å². The Morgan fingerprint density at radius 3 is 2.65 bits per heavy atom. The molecule has 1 unspecified atom stereocenters. The molecule has 1 aliphatic rings. The average molecular weight is 266 g/mol. The second kappa shape index (κ2) is 5.29. The molecule has 2 heterocycles. The number of pyridine rings is 1. The molecular formula is C17H16NO2+. The van der Waals surface area contributed by atoms with Gasteiger partial charge in [0.05, 0.1) is 6.61 Å². The Labute approximate surface area is 118 Å². The predicted molar refractivity (Wildman–Crippen MR) is 75.8 cm³/mol. The molecule has 1 aromatic heterocycles. The van der Waals surface area contributed by atoms with E-state index in [1.807, 2.05) is 55.6 Å². The summed E-state index contributed by atoms with van der Waals surface area (Å²) in [6, 6.07) is 16.1. The maximum atomic E-state index is 12.1. The zero-order valence-corrected chi connectivity index (χ0v) is 11.3. The van der Waals surface area contributed by atoms with Crippen molar-refractivity contribution in [3.63, 3.8) is 0 Å². The molecule has 0 aliphatic carbocycles. The fraction of sp³-hybridized carbons (Fsp3) is 0.176. The Hall–Kier alpha value is -2.42. The lowest BCUT2D eigenvalue weighted by molar-refractivity contribution is -0.700. The zero-order chi connectivity index (χ0) is 13.9. The Morgan fingerprint density at radius 1 is 1.15 bits per heavy atom. The number of fused-ring (bicyclic) bond motifs is 1. The van der Waals surface area contributed by atoms with Crippen LogP contribution in [-0.4, -0.2) is 12.6 Å². The summed E-state index contributed by atoms with van der Waals surface area (Å²) in [5.41, 5.74) is 2.70. The van der Waals surface area contributed by atoms with E-state index in [1.165, 1.54) is 0 Å². The molecule has 0 bridgehead atoms. The summed E-state index contributed by atoms with van der Waals surface area (Å²) in [6.45, 7) is 2.21. The first-order valence-electron chi connectivity index (χ1n) is 6.75. The number of benzene rings is 1. The van der Waals surface area contributed by atoms with Crippen molar-refractivity contribution < 1.29 is 14.1 Å². The summed E-state index contributed by atoms with van der Waals surface area (Å²) < 4.78 is 7.25. The van der Waals surface area contributed by atoms with Gasteiger partial charge in [0.2, 0.25) is 11.7 Å². The van der Waals surface area contributed by atoms with Crippen molar-refractivity contribution in [2.24, 2.45) is 0 Å². The Morgan fingerprint density at radius 2 is 1.90 bits per heavy atom. The molecule has 0 saturated heterocycles. The van der Waals surface area contributed by atoms with Gasteiger partial charge in [-0.25, -0.2) is 4.79 Å². The monoisotopic (exact) mass is 266 g/mol. The number of esters is 1. The standard InChI is InChI=1S/C17H16NO2/c1-2-20-17(19)14-12-16(13-8-4-3-5-9-13)18-11-7-6-10-15(14)18/h3-12,16H,2H2,1H3/q+1. The number of nitrogens with zero attached hydrogens (tertiary/aromatic N) is 1. The van der Waals surface area contributed by atoms with E-state index in [4.69, 9.17) is 4.74 Å². The van der Waals surface area contributed by atoms with Crippen molar-refractivity contribution >= 4 is 11.5 Å². The van der Waals surface area contributed by atoms with Crippen LogP contribution in [-0.2, 0) is 9.53 Å². The Kier molecular flexibility index (Phi) is 3.33. The third-order valence-corrected chi connectivity index (χ3v) is 3.43. The minimum atomic E-state index is -0.258. The lowest BCUT2D eigenvalue weighted by Gasteiger charge is -2.05. The highest BCUT2D eigenvalue weighted by atomic mass is 16.5. The number of allylic oxidation sites excluding steroid dienone is 1. The molecule has 20 heavy (non-hydrogen) atoms. The molecule has 1 aromatic carbocycles. The fourth-order valence-corrected chi connectivity index (χ4v) is 2.54. The first kappa shape index (κ1) is 12.6. The molecular weight excluding hydrogens is 250 g/mol. The van der Waals surface area contributed by atoms with Gasteiger partial charge in [-0.3, -0.25) is 0 Å². The highest BCUT2D eigenvalue weighted by Crippen LogP contribution is 2.27. The van der Waals surface area contributed by atoms with Crippen molar-refractivity contribution in [2.45, 2.75) is 13.0 Å². The van der Waals surface area contributed by atoms with Gasteiger partial charge in [0.25, 0.3) is 0 Å². The van der Waals surface area contributed by atoms with E-state index >= 15 is 0 Å². The van der Waals surface area contributed by atoms with E-state index in [0.717, 1.165) is 11.3 Å². The number of hydrogen-bond donors (Lipinski definition) is 0. The van der Waals surface area contributed by atoms with Gasteiger partial charge in [-0.2, -0.15) is 4.57 Å². The number of carbonyl (C=O) groups excluding carboxylic acids is 1. The van der Waals surface area contributed by atoms with Crippen LogP contribution < -0.4 is 4.57 Å². The molecule has 1 aliphatic heterocycles. The average Bonchev–Trinajstić information content (AvgIpc) is 2.88. The van der Waals surface area contributed by atoms with Crippen LogP contribution in [0.1, 0.15) is 24.2 Å². The van der Waals surface area contributed by atoms with E-state index in [0.29, 0.717) is 12.2 Å². The third-order valence-electron chi connectivity index (χ3n) is 3.43. The second-order valence-corrected chi connectivity index (χ2v) is 4.65. The normalized spacial score (nSPS) is 16.4. The molecule has 1 atom stereocenters. The SMILES string of the molecule is CCOC(=O)C1=CC(c2ccccc2)[n+]2ccccc21. The van der Waals surface area contributed by atoms with E-state index in [1.54, 1.807) is 0 Å². The number of hydrogen-bond acceptors (Lipinski definition) is 2. The van der Waals surface area contributed by atoms with Crippen LogP contribution in [0.2, 0.25) is 0 Å². The number of aromatic nitrogens is 1. The quantitative estimate of drug-likeness (QED) is 0.631. The molecule has 3 heteroatoms. The van der Waals surface area contributed by atoms with Crippen LogP contribution in [0.15, 0.2) is 60.8 Å².